The van der Waals surface area contributed by atoms with Crippen molar-refractivity contribution in [1.82, 2.24) is 10.3 Å². The Morgan fingerprint density at radius 2 is 1.88 bits per heavy atom. The summed E-state index contributed by atoms with van der Waals surface area (Å²) in [6.45, 7) is 7.60. The number of methoxy groups -OCH3 is 1. The highest BCUT2D eigenvalue weighted by Crippen LogP contribution is 2.22. The van der Waals surface area contributed by atoms with Gasteiger partial charge in [-0.25, -0.2) is 4.98 Å². The Hall–Kier alpha value is -2.41. The fourth-order valence-corrected chi connectivity index (χ4v) is 3.11. The van der Waals surface area contributed by atoms with Gasteiger partial charge in [0.05, 0.1) is 18.4 Å². The third-order valence-electron chi connectivity index (χ3n) is 3.85. The second-order valence-electron chi connectivity index (χ2n) is 6.05. The number of benzene rings is 1. The van der Waals surface area contributed by atoms with Crippen molar-refractivity contribution in [3.8, 4) is 5.75 Å². The van der Waals surface area contributed by atoms with Crippen LogP contribution in [0.25, 0.3) is 0 Å². The van der Waals surface area contributed by atoms with Crippen LogP contribution in [-0.4, -0.2) is 29.9 Å². The molecule has 25 heavy (non-hydrogen) atoms. The average molecular weight is 361 g/mol. The number of nitrogens with zero attached hydrogens (tertiary/aromatic N) is 1. The number of nitrogens with one attached hydrogen (secondary N) is 2. The van der Waals surface area contributed by atoms with Crippen LogP contribution in [0.5, 0.6) is 5.75 Å². The standard InChI is InChI=1S/C18H23N3O3S/c1-10(2)15(17(23)21-18-19-11(3)12(4)25-18)20-16(22)13-8-6-7-9-14(13)24-5/h6-10,15H,1-5H3,(H,20,22)(H,19,21,23). The molecule has 0 radical (unpaired) electrons. The summed E-state index contributed by atoms with van der Waals surface area (Å²) in [4.78, 5) is 30.5. The molecular weight excluding hydrogens is 338 g/mol. The van der Waals surface area contributed by atoms with Crippen molar-refractivity contribution in [2.75, 3.05) is 12.4 Å². The summed E-state index contributed by atoms with van der Waals surface area (Å²) < 4.78 is 5.21. The number of thiazole rings is 1. The molecule has 0 aliphatic heterocycles. The Kier molecular flexibility index (Phi) is 6.14. The Morgan fingerprint density at radius 3 is 2.44 bits per heavy atom. The fraction of sp³-hybridized carbons (Fsp3) is 0.389. The van der Waals surface area contributed by atoms with Crippen LogP contribution in [0.2, 0.25) is 0 Å². The fourth-order valence-electron chi connectivity index (χ4n) is 2.30. The van der Waals surface area contributed by atoms with E-state index in [1.54, 1.807) is 24.3 Å². The zero-order chi connectivity index (χ0) is 18.6. The summed E-state index contributed by atoms with van der Waals surface area (Å²) >= 11 is 1.42. The number of anilines is 1. The van der Waals surface area contributed by atoms with Gasteiger partial charge in [0, 0.05) is 4.88 Å². The zero-order valence-corrected chi connectivity index (χ0v) is 15.9. The largest absolute Gasteiger partial charge is 0.496 e. The van der Waals surface area contributed by atoms with Crippen LogP contribution in [0.3, 0.4) is 0 Å². The maximum atomic E-state index is 12.6. The number of aromatic nitrogens is 1. The van der Waals surface area contributed by atoms with Crippen LogP contribution in [0.15, 0.2) is 24.3 Å². The van der Waals surface area contributed by atoms with E-state index in [-0.39, 0.29) is 17.7 Å². The van der Waals surface area contributed by atoms with Crippen LogP contribution < -0.4 is 15.4 Å². The van der Waals surface area contributed by atoms with E-state index < -0.39 is 6.04 Å². The summed E-state index contributed by atoms with van der Waals surface area (Å²) in [5.74, 6) is -0.250. The van der Waals surface area contributed by atoms with Gasteiger partial charge in [-0.3, -0.25) is 9.59 Å². The van der Waals surface area contributed by atoms with E-state index in [0.29, 0.717) is 16.4 Å². The molecule has 1 aromatic carbocycles. The van der Waals surface area contributed by atoms with Gasteiger partial charge in [-0.1, -0.05) is 26.0 Å². The molecule has 1 unspecified atom stereocenters. The quantitative estimate of drug-likeness (QED) is 0.828. The first-order chi connectivity index (χ1) is 11.8. The van der Waals surface area contributed by atoms with Gasteiger partial charge in [-0.05, 0) is 31.9 Å². The van der Waals surface area contributed by atoms with Gasteiger partial charge in [0.15, 0.2) is 5.13 Å². The maximum Gasteiger partial charge on any atom is 0.255 e. The highest BCUT2D eigenvalue weighted by Gasteiger charge is 2.26. The van der Waals surface area contributed by atoms with Gasteiger partial charge in [-0.15, -0.1) is 11.3 Å². The maximum absolute atomic E-state index is 12.6. The smallest absolute Gasteiger partial charge is 0.255 e. The van der Waals surface area contributed by atoms with Gasteiger partial charge in [0.1, 0.15) is 11.8 Å². The number of amides is 2. The zero-order valence-electron chi connectivity index (χ0n) is 15.0. The minimum absolute atomic E-state index is 0.0826. The molecule has 0 saturated heterocycles. The number of aryl methyl sites for hydroxylation is 2. The highest BCUT2D eigenvalue weighted by atomic mass is 32.1. The van der Waals surface area contributed by atoms with Crippen molar-refractivity contribution in [2.45, 2.75) is 33.7 Å². The minimum Gasteiger partial charge on any atom is -0.496 e. The van der Waals surface area contributed by atoms with Crippen molar-refractivity contribution < 1.29 is 14.3 Å². The van der Waals surface area contributed by atoms with Gasteiger partial charge in [0.25, 0.3) is 5.91 Å². The van der Waals surface area contributed by atoms with E-state index in [9.17, 15) is 9.59 Å². The Bertz CT molecular complexity index is 751. The van der Waals surface area contributed by atoms with Crippen LogP contribution >= 0.6 is 11.3 Å². The van der Waals surface area contributed by atoms with Gasteiger partial charge in [0.2, 0.25) is 5.91 Å². The number of carbonyl (C=O) groups is 2. The van der Waals surface area contributed by atoms with E-state index in [2.05, 4.69) is 15.6 Å². The lowest BCUT2D eigenvalue weighted by Crippen LogP contribution is -2.47. The molecule has 2 amide bonds. The number of carbonyl (C=O) groups excluding carboxylic acids is 2. The second-order valence-corrected chi connectivity index (χ2v) is 7.25. The molecule has 1 aromatic heterocycles. The Balaban J connectivity index is 2.14. The lowest BCUT2D eigenvalue weighted by molar-refractivity contribution is -0.118. The van der Waals surface area contributed by atoms with E-state index in [1.165, 1.54) is 18.4 Å². The normalized spacial score (nSPS) is 11.9. The topological polar surface area (TPSA) is 80.3 Å². The summed E-state index contributed by atoms with van der Waals surface area (Å²) in [6.07, 6.45) is 0. The van der Waals surface area contributed by atoms with Gasteiger partial charge >= 0.3 is 0 Å². The van der Waals surface area contributed by atoms with Crippen molar-refractivity contribution in [3.05, 3.63) is 40.4 Å². The molecule has 7 heteroatoms. The van der Waals surface area contributed by atoms with Crippen molar-refractivity contribution in [2.24, 2.45) is 5.92 Å². The first-order valence-corrected chi connectivity index (χ1v) is 8.84. The third-order valence-corrected chi connectivity index (χ3v) is 4.83. The highest BCUT2D eigenvalue weighted by molar-refractivity contribution is 7.15. The van der Waals surface area contributed by atoms with Gasteiger partial charge < -0.3 is 15.4 Å². The van der Waals surface area contributed by atoms with Crippen molar-refractivity contribution in [3.63, 3.8) is 0 Å². The first-order valence-electron chi connectivity index (χ1n) is 8.02. The van der Waals surface area contributed by atoms with E-state index >= 15 is 0 Å². The summed E-state index contributed by atoms with van der Waals surface area (Å²) in [5.41, 5.74) is 1.28. The molecule has 1 heterocycles. The molecule has 2 aromatic rings. The molecule has 0 saturated carbocycles. The molecule has 0 spiro atoms. The molecule has 2 rings (SSSR count). The average Bonchev–Trinajstić information content (AvgIpc) is 2.89. The molecule has 1 atom stereocenters. The van der Waals surface area contributed by atoms with Gasteiger partial charge in [-0.2, -0.15) is 0 Å². The minimum atomic E-state index is -0.679. The predicted octanol–water partition coefficient (Wildman–Crippen LogP) is 3.16. The van der Waals surface area contributed by atoms with E-state index in [1.807, 2.05) is 27.7 Å². The monoisotopic (exact) mass is 361 g/mol. The Morgan fingerprint density at radius 1 is 1.20 bits per heavy atom. The molecule has 0 aliphatic carbocycles. The lowest BCUT2D eigenvalue weighted by atomic mass is 10.0. The van der Waals surface area contributed by atoms with Crippen LogP contribution in [0, 0.1) is 19.8 Å². The molecule has 0 aliphatic rings. The molecule has 134 valence electrons. The molecule has 0 fully saturated rings. The third kappa shape index (κ3) is 4.57. The Labute approximate surface area is 151 Å². The van der Waals surface area contributed by atoms with E-state index in [4.69, 9.17) is 4.74 Å². The lowest BCUT2D eigenvalue weighted by Gasteiger charge is -2.21. The van der Waals surface area contributed by atoms with Crippen LogP contribution in [-0.2, 0) is 4.79 Å². The number of hydrogen-bond donors (Lipinski definition) is 2. The number of rotatable bonds is 6. The molecular formula is C18H23N3O3S. The van der Waals surface area contributed by atoms with Crippen LogP contribution in [0.1, 0.15) is 34.8 Å². The number of hydrogen-bond acceptors (Lipinski definition) is 5. The molecule has 0 bridgehead atoms. The summed E-state index contributed by atoms with van der Waals surface area (Å²) in [6, 6.07) is 6.23. The molecule has 6 nitrogen and oxygen atoms in total. The van der Waals surface area contributed by atoms with Crippen molar-refractivity contribution in [1.29, 1.82) is 0 Å². The summed E-state index contributed by atoms with van der Waals surface area (Å²) in [7, 11) is 1.51. The SMILES string of the molecule is COc1ccccc1C(=O)NC(C(=O)Nc1nc(C)c(C)s1)C(C)C. The van der Waals surface area contributed by atoms with Crippen molar-refractivity contribution >= 4 is 28.3 Å². The second kappa shape index (κ2) is 8.11. The van der Waals surface area contributed by atoms with E-state index in [0.717, 1.165) is 10.6 Å². The van der Waals surface area contributed by atoms with Crippen LogP contribution in [0.4, 0.5) is 5.13 Å². The first kappa shape index (κ1) is 18.9. The predicted molar refractivity (Wildman–Crippen MR) is 99.3 cm³/mol. The number of ether oxygens (including phenoxy) is 1. The summed E-state index contributed by atoms with van der Waals surface area (Å²) in [5, 5.41) is 6.13. The number of para-hydroxylation sites is 1. The molecule has 2 N–H and O–H groups in total.